The van der Waals surface area contributed by atoms with E-state index in [9.17, 15) is 19.5 Å². The second-order valence-corrected chi connectivity index (χ2v) is 13.5. The fourth-order valence-corrected chi connectivity index (χ4v) is 6.25. The molecule has 4 atom stereocenters. The van der Waals surface area contributed by atoms with Gasteiger partial charge in [-0.05, 0) is 68.0 Å². The normalized spacial score (nSPS) is 21.5. The van der Waals surface area contributed by atoms with Crippen molar-refractivity contribution >= 4 is 17.8 Å². The molecule has 5 rings (SSSR count). The maximum Gasteiger partial charge on any atom is 0.323 e. The van der Waals surface area contributed by atoms with Crippen LogP contribution in [0.4, 0.5) is 0 Å². The molecular formula is C38H46N2O8. The molecule has 0 bridgehead atoms. The summed E-state index contributed by atoms with van der Waals surface area (Å²) in [5.74, 6) is -1.51. The predicted molar refractivity (Wildman–Crippen MR) is 179 cm³/mol. The van der Waals surface area contributed by atoms with Gasteiger partial charge in [0.15, 0.2) is 6.29 Å². The van der Waals surface area contributed by atoms with Gasteiger partial charge in [-0.25, -0.2) is 0 Å². The van der Waals surface area contributed by atoms with Gasteiger partial charge in [-0.15, -0.1) is 0 Å². The smallest absolute Gasteiger partial charge is 0.323 e. The fourth-order valence-electron chi connectivity index (χ4n) is 6.25. The van der Waals surface area contributed by atoms with Crippen molar-refractivity contribution in [3.05, 3.63) is 95.1 Å². The van der Waals surface area contributed by atoms with Crippen molar-refractivity contribution in [3.8, 4) is 11.1 Å². The van der Waals surface area contributed by atoms with Crippen molar-refractivity contribution in [1.82, 2.24) is 10.2 Å². The molecule has 2 aliphatic rings. The van der Waals surface area contributed by atoms with Gasteiger partial charge in [0.1, 0.15) is 11.6 Å². The highest BCUT2D eigenvalue weighted by atomic mass is 16.7. The van der Waals surface area contributed by atoms with Gasteiger partial charge in [-0.3, -0.25) is 19.3 Å². The van der Waals surface area contributed by atoms with Gasteiger partial charge >= 0.3 is 11.9 Å². The van der Waals surface area contributed by atoms with Gasteiger partial charge in [-0.2, -0.15) is 0 Å². The van der Waals surface area contributed by atoms with E-state index in [1.54, 1.807) is 0 Å². The third-order valence-corrected chi connectivity index (χ3v) is 8.65. The highest BCUT2D eigenvalue weighted by Crippen LogP contribution is 2.39. The van der Waals surface area contributed by atoms with E-state index in [2.05, 4.69) is 10.2 Å². The second kappa shape index (κ2) is 15.9. The molecule has 10 nitrogen and oxygen atoms in total. The summed E-state index contributed by atoms with van der Waals surface area (Å²) in [7, 11) is 0. The molecule has 0 unspecified atom stereocenters. The summed E-state index contributed by atoms with van der Waals surface area (Å²) in [6.07, 6.45) is 0.884. The van der Waals surface area contributed by atoms with Crippen LogP contribution in [0.3, 0.4) is 0 Å². The van der Waals surface area contributed by atoms with Crippen LogP contribution in [0.2, 0.25) is 0 Å². The molecule has 0 aromatic heterocycles. The lowest BCUT2D eigenvalue weighted by Gasteiger charge is -2.38. The van der Waals surface area contributed by atoms with Crippen molar-refractivity contribution in [3.63, 3.8) is 0 Å². The quantitative estimate of drug-likeness (QED) is 0.210. The minimum atomic E-state index is -1.00. The molecule has 3 aromatic carbocycles. The number of likely N-dealkylation sites (tertiary alicyclic amines) is 1. The van der Waals surface area contributed by atoms with Crippen molar-refractivity contribution < 1.29 is 38.8 Å². The molecule has 3 N–H and O–H groups in total. The number of nitrogens with one attached hydrogen (secondary N) is 1. The number of amides is 1. The zero-order chi connectivity index (χ0) is 34.3. The zero-order valence-corrected chi connectivity index (χ0v) is 27.9. The summed E-state index contributed by atoms with van der Waals surface area (Å²) in [6.45, 7) is 7.26. The minimum Gasteiger partial charge on any atom is -0.481 e. The molecular weight excluding hydrogens is 612 g/mol. The second-order valence-electron chi connectivity index (χ2n) is 13.5. The molecule has 0 aliphatic carbocycles. The average Bonchev–Trinajstić information content (AvgIpc) is 3.54. The van der Waals surface area contributed by atoms with E-state index >= 15 is 0 Å². The number of carboxylic acids is 1. The van der Waals surface area contributed by atoms with E-state index in [1.165, 1.54) is 0 Å². The Balaban J connectivity index is 1.33. The Labute approximate surface area is 282 Å². The summed E-state index contributed by atoms with van der Waals surface area (Å²) in [4.78, 5) is 38.2. The molecule has 48 heavy (non-hydrogen) atoms. The highest BCUT2D eigenvalue weighted by Gasteiger charge is 2.39. The van der Waals surface area contributed by atoms with Crippen molar-refractivity contribution in [2.24, 2.45) is 0 Å². The molecule has 2 fully saturated rings. The van der Waals surface area contributed by atoms with Crippen LogP contribution in [-0.4, -0.2) is 63.8 Å². The maximum absolute atomic E-state index is 13.1. The van der Waals surface area contributed by atoms with Crippen LogP contribution in [0.25, 0.3) is 11.1 Å². The summed E-state index contributed by atoms with van der Waals surface area (Å²) >= 11 is 0. The van der Waals surface area contributed by atoms with Crippen LogP contribution in [-0.2, 0) is 41.7 Å². The molecule has 0 radical (unpaired) electrons. The van der Waals surface area contributed by atoms with Crippen molar-refractivity contribution in [2.45, 2.75) is 96.2 Å². The number of hydrogen-bond donors (Lipinski definition) is 3. The Kier molecular flexibility index (Phi) is 11.6. The fraction of sp³-hybridized carbons (Fsp3) is 0.447. The van der Waals surface area contributed by atoms with Gasteiger partial charge in [-0.1, -0.05) is 72.8 Å². The monoisotopic (exact) mass is 658 g/mol. The van der Waals surface area contributed by atoms with Gasteiger partial charge in [0.25, 0.3) is 0 Å². The van der Waals surface area contributed by atoms with Crippen LogP contribution < -0.4 is 5.32 Å². The van der Waals surface area contributed by atoms with E-state index < -0.39 is 17.9 Å². The largest absolute Gasteiger partial charge is 0.481 e. The lowest BCUT2D eigenvalue weighted by molar-refractivity contribution is -0.253. The molecule has 2 aliphatic heterocycles. The van der Waals surface area contributed by atoms with Crippen LogP contribution in [0.15, 0.2) is 72.8 Å². The minimum absolute atomic E-state index is 0.0340. The van der Waals surface area contributed by atoms with Crippen LogP contribution >= 0.6 is 0 Å². The van der Waals surface area contributed by atoms with Gasteiger partial charge in [0.05, 0.1) is 25.2 Å². The Hall–Kier alpha value is -4.09. The number of aliphatic carboxylic acids is 1. The Morgan fingerprint density at radius 1 is 0.938 bits per heavy atom. The Morgan fingerprint density at radius 2 is 1.65 bits per heavy atom. The first-order valence-corrected chi connectivity index (χ1v) is 16.6. The average molecular weight is 659 g/mol. The van der Waals surface area contributed by atoms with Gasteiger partial charge in [0, 0.05) is 31.5 Å². The van der Waals surface area contributed by atoms with E-state index in [0.717, 1.165) is 52.8 Å². The molecule has 2 heterocycles. The molecule has 0 saturated carbocycles. The van der Waals surface area contributed by atoms with Crippen molar-refractivity contribution in [2.75, 3.05) is 13.1 Å². The molecule has 10 heteroatoms. The van der Waals surface area contributed by atoms with Crippen LogP contribution in [0.1, 0.15) is 87.5 Å². The summed E-state index contributed by atoms with van der Waals surface area (Å²) in [6, 6.07) is 23.2. The van der Waals surface area contributed by atoms with E-state index in [0.29, 0.717) is 13.0 Å². The number of nitrogens with zero attached hydrogens (tertiary/aromatic N) is 1. The molecule has 2 saturated heterocycles. The summed E-state index contributed by atoms with van der Waals surface area (Å²) in [5.41, 5.74) is 4.93. The number of carbonyl (C=O) groups excluding carboxylic acids is 2. The number of rotatable bonds is 12. The zero-order valence-electron chi connectivity index (χ0n) is 27.9. The lowest BCUT2D eigenvalue weighted by Crippen LogP contribution is -2.45. The van der Waals surface area contributed by atoms with Gasteiger partial charge in [0.2, 0.25) is 5.91 Å². The number of aliphatic hydroxyl groups excluding tert-OH is 1. The Morgan fingerprint density at radius 3 is 2.33 bits per heavy atom. The van der Waals surface area contributed by atoms with Crippen LogP contribution in [0, 0.1) is 0 Å². The first-order valence-electron chi connectivity index (χ1n) is 16.6. The lowest BCUT2D eigenvalue weighted by atomic mass is 9.97. The number of esters is 1. The predicted octanol–water partition coefficient (Wildman–Crippen LogP) is 5.68. The molecule has 1 amide bonds. The van der Waals surface area contributed by atoms with Crippen molar-refractivity contribution in [1.29, 1.82) is 0 Å². The van der Waals surface area contributed by atoms with E-state index in [1.807, 2.05) is 93.6 Å². The number of carbonyl (C=O) groups is 3. The number of benzene rings is 3. The first kappa shape index (κ1) is 35.2. The first-order chi connectivity index (χ1) is 23.0. The van der Waals surface area contributed by atoms with Crippen LogP contribution in [0.5, 0.6) is 0 Å². The molecule has 256 valence electrons. The standard InChI is InChI=1S/C38H46N2O8/c1-38(2,3)48-36(45)32-9-6-20-40(32)23-30-21-33(27-12-10-25(24-41)11-13-27)47-37(46-30)28-16-14-26(15-17-28)31-8-5-4-7-29(31)22-39-34(42)18-19-35(43)44/h4-5,7-8,10-17,30,32-33,37,41H,6,9,18-24H2,1-3H3,(H,39,42)(H,43,44)/t30-,32-,33+,37+/m0/s1. The maximum atomic E-state index is 13.1. The van der Waals surface area contributed by atoms with E-state index in [-0.39, 0.29) is 56.1 Å². The number of hydrogen-bond acceptors (Lipinski definition) is 8. The summed E-state index contributed by atoms with van der Waals surface area (Å²) < 4.78 is 18.9. The Bertz CT molecular complexity index is 1550. The number of carboxylic acid groups (broad SMARTS) is 1. The number of ether oxygens (including phenoxy) is 3. The number of aliphatic hydroxyl groups is 1. The molecule has 0 spiro atoms. The SMILES string of the molecule is CC(C)(C)OC(=O)[C@@H]1CCCN1C[C@@H]1C[C@H](c2ccc(CO)cc2)O[C@H](c2ccc(-c3ccccc3CNC(=O)CCC(=O)O)cc2)O1. The third-order valence-electron chi connectivity index (χ3n) is 8.65. The van der Waals surface area contributed by atoms with E-state index in [4.69, 9.17) is 19.3 Å². The topological polar surface area (TPSA) is 135 Å². The highest BCUT2D eigenvalue weighted by molar-refractivity contribution is 5.81. The summed E-state index contributed by atoms with van der Waals surface area (Å²) in [5, 5.41) is 21.2. The molecule has 3 aromatic rings. The third kappa shape index (κ3) is 9.50. The van der Waals surface area contributed by atoms with Gasteiger partial charge < -0.3 is 29.7 Å².